The van der Waals surface area contributed by atoms with Gasteiger partial charge in [0.25, 0.3) is 0 Å². The van der Waals surface area contributed by atoms with E-state index in [9.17, 15) is 9.59 Å². The van der Waals surface area contributed by atoms with Crippen LogP contribution >= 0.6 is 0 Å². The van der Waals surface area contributed by atoms with Gasteiger partial charge in [-0.05, 0) is 25.1 Å². The number of aromatic amines is 1. The summed E-state index contributed by atoms with van der Waals surface area (Å²) in [5.41, 5.74) is 1.41. The molecular weight excluding hydrogens is 208 g/mol. The van der Waals surface area contributed by atoms with Crippen LogP contribution in [-0.2, 0) is 4.74 Å². The number of nitrogens with zero attached hydrogens (tertiary/aromatic N) is 1. The molecule has 0 unspecified atom stereocenters. The van der Waals surface area contributed by atoms with Gasteiger partial charge in [-0.3, -0.25) is 9.89 Å². The number of hydrogen-bond donors (Lipinski definition) is 1. The van der Waals surface area contributed by atoms with Gasteiger partial charge in [-0.1, -0.05) is 0 Å². The number of benzene rings is 1. The van der Waals surface area contributed by atoms with Crippen molar-refractivity contribution in [2.75, 3.05) is 6.61 Å². The van der Waals surface area contributed by atoms with Gasteiger partial charge in [0, 0.05) is 5.39 Å². The molecule has 1 heterocycles. The third-order valence-corrected chi connectivity index (χ3v) is 2.21. The summed E-state index contributed by atoms with van der Waals surface area (Å²) >= 11 is 0. The first-order valence-corrected chi connectivity index (χ1v) is 4.86. The van der Waals surface area contributed by atoms with Crippen molar-refractivity contribution < 1.29 is 14.3 Å². The molecule has 1 aromatic heterocycles. The standard InChI is InChI=1S/C11H10N2O3/c1-2-16-11(15)7-3-4-8-9(5-7)12-13-10(8)6-14/h3-6H,2H2,1H3,(H,12,13). The molecule has 0 radical (unpaired) electrons. The monoisotopic (exact) mass is 218 g/mol. The molecule has 1 N–H and O–H groups in total. The molecule has 0 atom stereocenters. The average Bonchev–Trinajstić information content (AvgIpc) is 2.71. The Morgan fingerprint density at radius 2 is 2.38 bits per heavy atom. The molecule has 0 aliphatic heterocycles. The first-order valence-electron chi connectivity index (χ1n) is 4.86. The largest absolute Gasteiger partial charge is 0.462 e. The summed E-state index contributed by atoms with van der Waals surface area (Å²) in [5, 5.41) is 7.22. The molecule has 2 rings (SSSR count). The fraction of sp³-hybridized carbons (Fsp3) is 0.182. The smallest absolute Gasteiger partial charge is 0.338 e. The number of ether oxygens (including phenoxy) is 1. The van der Waals surface area contributed by atoms with E-state index in [2.05, 4.69) is 10.2 Å². The Balaban J connectivity index is 2.45. The molecule has 0 spiro atoms. The van der Waals surface area contributed by atoms with Gasteiger partial charge < -0.3 is 4.74 Å². The number of fused-ring (bicyclic) bond motifs is 1. The number of nitrogens with one attached hydrogen (secondary N) is 1. The van der Waals surface area contributed by atoms with Gasteiger partial charge in [0.2, 0.25) is 0 Å². The first-order chi connectivity index (χ1) is 7.76. The van der Waals surface area contributed by atoms with Gasteiger partial charge >= 0.3 is 5.97 Å². The second-order valence-electron chi connectivity index (χ2n) is 3.21. The summed E-state index contributed by atoms with van der Waals surface area (Å²) in [7, 11) is 0. The number of hydrogen-bond acceptors (Lipinski definition) is 4. The molecule has 0 saturated carbocycles. The Hall–Kier alpha value is -2.17. The second kappa shape index (κ2) is 4.14. The van der Waals surface area contributed by atoms with Crippen LogP contribution < -0.4 is 0 Å². The van der Waals surface area contributed by atoms with E-state index in [1.165, 1.54) is 0 Å². The Morgan fingerprint density at radius 3 is 3.06 bits per heavy atom. The quantitative estimate of drug-likeness (QED) is 0.626. The molecule has 0 aliphatic carbocycles. The zero-order chi connectivity index (χ0) is 11.5. The summed E-state index contributed by atoms with van der Waals surface area (Å²) in [6.07, 6.45) is 0.694. The summed E-state index contributed by atoms with van der Waals surface area (Å²) in [5.74, 6) is -0.389. The van der Waals surface area contributed by atoms with Crippen molar-refractivity contribution in [1.29, 1.82) is 0 Å². The zero-order valence-corrected chi connectivity index (χ0v) is 8.69. The Bertz CT molecular complexity index is 545. The molecule has 0 aliphatic rings. The minimum absolute atomic E-state index is 0.330. The topological polar surface area (TPSA) is 72.1 Å². The molecule has 82 valence electrons. The van der Waals surface area contributed by atoms with E-state index >= 15 is 0 Å². The highest BCUT2D eigenvalue weighted by Crippen LogP contribution is 2.16. The van der Waals surface area contributed by atoms with Crippen molar-refractivity contribution in [3.8, 4) is 0 Å². The number of carbonyl (C=O) groups excluding carboxylic acids is 2. The van der Waals surface area contributed by atoms with E-state index in [-0.39, 0.29) is 5.97 Å². The molecule has 2 aromatic rings. The summed E-state index contributed by atoms with van der Waals surface area (Å²) in [6, 6.07) is 4.88. The van der Waals surface area contributed by atoms with E-state index in [4.69, 9.17) is 4.74 Å². The van der Waals surface area contributed by atoms with Gasteiger partial charge in [0.05, 0.1) is 17.7 Å². The molecular formula is C11H10N2O3. The van der Waals surface area contributed by atoms with Gasteiger partial charge in [0.1, 0.15) is 5.69 Å². The highest BCUT2D eigenvalue weighted by molar-refractivity contribution is 5.99. The van der Waals surface area contributed by atoms with Crippen LogP contribution in [0.1, 0.15) is 27.8 Å². The van der Waals surface area contributed by atoms with Crippen LogP contribution in [0.2, 0.25) is 0 Å². The SMILES string of the molecule is CCOC(=O)c1ccc2c(C=O)[nH]nc2c1. The molecule has 1 aromatic carbocycles. The van der Waals surface area contributed by atoms with Gasteiger partial charge in [-0.25, -0.2) is 4.79 Å². The van der Waals surface area contributed by atoms with E-state index < -0.39 is 0 Å². The predicted octanol–water partition coefficient (Wildman–Crippen LogP) is 1.55. The van der Waals surface area contributed by atoms with Gasteiger partial charge in [-0.15, -0.1) is 0 Å². The van der Waals surface area contributed by atoms with Gasteiger partial charge in [0.15, 0.2) is 6.29 Å². The van der Waals surface area contributed by atoms with Crippen LogP contribution in [-0.4, -0.2) is 29.1 Å². The van der Waals surface area contributed by atoms with E-state index in [0.29, 0.717) is 35.1 Å². The minimum atomic E-state index is -0.389. The summed E-state index contributed by atoms with van der Waals surface area (Å²) < 4.78 is 4.86. The number of rotatable bonds is 3. The maximum Gasteiger partial charge on any atom is 0.338 e. The highest BCUT2D eigenvalue weighted by atomic mass is 16.5. The third kappa shape index (κ3) is 1.67. The summed E-state index contributed by atoms with van der Waals surface area (Å²) in [6.45, 7) is 2.08. The van der Waals surface area contributed by atoms with Crippen molar-refractivity contribution in [3.05, 3.63) is 29.5 Å². The fourth-order valence-electron chi connectivity index (χ4n) is 1.46. The van der Waals surface area contributed by atoms with Gasteiger partial charge in [-0.2, -0.15) is 5.10 Å². The predicted molar refractivity (Wildman–Crippen MR) is 57.4 cm³/mol. The number of aromatic nitrogens is 2. The molecule has 0 amide bonds. The average molecular weight is 218 g/mol. The van der Waals surface area contributed by atoms with Crippen molar-refractivity contribution in [2.24, 2.45) is 0 Å². The molecule has 5 nitrogen and oxygen atoms in total. The van der Waals surface area contributed by atoms with E-state index in [1.807, 2.05) is 0 Å². The lowest BCUT2D eigenvalue weighted by molar-refractivity contribution is 0.0526. The van der Waals surface area contributed by atoms with Crippen molar-refractivity contribution in [1.82, 2.24) is 10.2 Å². The molecule has 0 saturated heterocycles. The van der Waals surface area contributed by atoms with E-state index in [1.54, 1.807) is 25.1 Å². The Labute approximate surface area is 91.4 Å². The Morgan fingerprint density at radius 1 is 1.56 bits per heavy atom. The maximum atomic E-state index is 11.4. The second-order valence-corrected chi connectivity index (χ2v) is 3.21. The minimum Gasteiger partial charge on any atom is -0.462 e. The van der Waals surface area contributed by atoms with Crippen LogP contribution in [0, 0.1) is 0 Å². The normalized spacial score (nSPS) is 10.3. The highest BCUT2D eigenvalue weighted by Gasteiger charge is 2.10. The number of carbonyl (C=O) groups is 2. The van der Waals surface area contributed by atoms with Crippen LogP contribution in [0.4, 0.5) is 0 Å². The lowest BCUT2D eigenvalue weighted by atomic mass is 10.1. The zero-order valence-electron chi connectivity index (χ0n) is 8.69. The number of aldehydes is 1. The lowest BCUT2D eigenvalue weighted by Gasteiger charge is -2.00. The molecule has 0 bridgehead atoms. The maximum absolute atomic E-state index is 11.4. The number of H-pyrrole nitrogens is 1. The van der Waals surface area contributed by atoms with Crippen LogP contribution in [0.3, 0.4) is 0 Å². The van der Waals surface area contributed by atoms with Crippen LogP contribution in [0.5, 0.6) is 0 Å². The number of esters is 1. The Kier molecular flexibility index (Phi) is 2.68. The van der Waals surface area contributed by atoms with Crippen LogP contribution in [0.15, 0.2) is 18.2 Å². The summed E-state index contributed by atoms with van der Waals surface area (Å²) in [4.78, 5) is 22.1. The van der Waals surface area contributed by atoms with Crippen LogP contribution in [0.25, 0.3) is 10.9 Å². The van der Waals surface area contributed by atoms with Crippen molar-refractivity contribution in [2.45, 2.75) is 6.92 Å². The fourth-order valence-corrected chi connectivity index (χ4v) is 1.46. The molecule has 5 heteroatoms. The van der Waals surface area contributed by atoms with Crippen molar-refractivity contribution >= 4 is 23.2 Å². The molecule has 0 fully saturated rings. The first kappa shape index (κ1) is 10.4. The molecule has 16 heavy (non-hydrogen) atoms. The van der Waals surface area contributed by atoms with E-state index in [0.717, 1.165) is 0 Å². The third-order valence-electron chi connectivity index (χ3n) is 2.21. The van der Waals surface area contributed by atoms with Crippen molar-refractivity contribution in [3.63, 3.8) is 0 Å². The lowest BCUT2D eigenvalue weighted by Crippen LogP contribution is -2.04.